The molecule has 20 heavy (non-hydrogen) atoms. The molecule has 0 unspecified atom stereocenters. The second-order valence-corrected chi connectivity index (χ2v) is 6.12. The first-order valence-corrected chi connectivity index (χ1v) is 7.96. The molecule has 3 heterocycles. The predicted octanol–water partition coefficient (Wildman–Crippen LogP) is 3.75. The van der Waals surface area contributed by atoms with Gasteiger partial charge < -0.3 is 14.5 Å². The van der Waals surface area contributed by atoms with E-state index in [9.17, 15) is 0 Å². The summed E-state index contributed by atoms with van der Waals surface area (Å²) in [5.41, 5.74) is 1.08. The van der Waals surface area contributed by atoms with Crippen molar-refractivity contribution >= 4 is 11.3 Å². The summed E-state index contributed by atoms with van der Waals surface area (Å²) in [5.74, 6) is 1.92. The fourth-order valence-corrected chi connectivity index (χ4v) is 3.27. The monoisotopic (exact) mass is 292 g/mol. The Kier molecular flexibility index (Phi) is 4.19. The van der Waals surface area contributed by atoms with E-state index < -0.39 is 0 Å². The summed E-state index contributed by atoms with van der Waals surface area (Å²) in [5, 5.41) is 6.67. The first kappa shape index (κ1) is 13.8. The molecule has 0 radical (unpaired) electrons. The van der Waals surface area contributed by atoms with Gasteiger partial charge in [0.2, 0.25) is 0 Å². The second-order valence-electron chi connectivity index (χ2n) is 5.23. The lowest BCUT2D eigenvalue weighted by Crippen LogP contribution is -2.17. The average Bonchev–Trinajstić information content (AvgIpc) is 3.16. The number of hydrogen-bond acceptors (Lipinski definition) is 5. The lowest BCUT2D eigenvalue weighted by atomic mass is 10.2. The SMILES string of the molecule is Cc1ccc([C@H](C)NCc2csc([C@H]3CCCO3)n2)o1. The fourth-order valence-electron chi connectivity index (χ4n) is 2.37. The maximum Gasteiger partial charge on any atom is 0.122 e. The minimum absolute atomic E-state index is 0.191. The Hall–Kier alpha value is -1.17. The summed E-state index contributed by atoms with van der Waals surface area (Å²) in [4.78, 5) is 4.66. The molecular weight excluding hydrogens is 272 g/mol. The molecule has 1 N–H and O–H groups in total. The van der Waals surface area contributed by atoms with Gasteiger partial charge in [0.15, 0.2) is 0 Å². The van der Waals surface area contributed by atoms with Crippen LogP contribution in [0.4, 0.5) is 0 Å². The zero-order valence-corrected chi connectivity index (χ0v) is 12.7. The van der Waals surface area contributed by atoms with Crippen LogP contribution >= 0.6 is 11.3 Å². The van der Waals surface area contributed by atoms with E-state index in [2.05, 4.69) is 22.6 Å². The van der Waals surface area contributed by atoms with Crippen molar-refractivity contribution in [2.45, 2.75) is 45.4 Å². The van der Waals surface area contributed by atoms with Gasteiger partial charge in [0.25, 0.3) is 0 Å². The van der Waals surface area contributed by atoms with Crippen molar-refractivity contribution < 1.29 is 9.15 Å². The van der Waals surface area contributed by atoms with E-state index >= 15 is 0 Å². The van der Waals surface area contributed by atoms with Gasteiger partial charge in [-0.3, -0.25) is 0 Å². The highest BCUT2D eigenvalue weighted by Crippen LogP contribution is 2.30. The highest BCUT2D eigenvalue weighted by Gasteiger charge is 2.21. The molecule has 1 saturated heterocycles. The summed E-state index contributed by atoms with van der Waals surface area (Å²) in [7, 11) is 0. The van der Waals surface area contributed by atoms with E-state index in [1.54, 1.807) is 11.3 Å². The van der Waals surface area contributed by atoms with Crippen LogP contribution in [0.3, 0.4) is 0 Å². The minimum atomic E-state index is 0.191. The Morgan fingerprint density at radius 1 is 1.50 bits per heavy atom. The smallest absolute Gasteiger partial charge is 0.122 e. The van der Waals surface area contributed by atoms with Crippen LogP contribution in [0.15, 0.2) is 21.9 Å². The molecule has 1 fully saturated rings. The molecular formula is C15H20N2O2S. The summed E-state index contributed by atoms with van der Waals surface area (Å²) in [6.45, 7) is 5.69. The first-order valence-electron chi connectivity index (χ1n) is 7.08. The highest BCUT2D eigenvalue weighted by molar-refractivity contribution is 7.09. The molecule has 5 heteroatoms. The van der Waals surface area contributed by atoms with Crippen molar-refractivity contribution in [2.24, 2.45) is 0 Å². The van der Waals surface area contributed by atoms with Crippen LogP contribution in [0.1, 0.15) is 54.1 Å². The number of hydrogen-bond donors (Lipinski definition) is 1. The summed E-state index contributed by atoms with van der Waals surface area (Å²) >= 11 is 1.70. The maximum absolute atomic E-state index is 5.66. The zero-order chi connectivity index (χ0) is 13.9. The number of rotatable bonds is 5. The Morgan fingerprint density at radius 2 is 2.40 bits per heavy atom. The molecule has 0 aromatic carbocycles. The average molecular weight is 292 g/mol. The summed E-state index contributed by atoms with van der Waals surface area (Å²) in [6, 6.07) is 4.20. The number of nitrogens with one attached hydrogen (secondary N) is 1. The molecule has 1 aliphatic rings. The van der Waals surface area contributed by atoms with Crippen LogP contribution in [0.25, 0.3) is 0 Å². The van der Waals surface area contributed by atoms with Crippen LogP contribution in [-0.4, -0.2) is 11.6 Å². The molecule has 0 amide bonds. The van der Waals surface area contributed by atoms with Crippen LogP contribution < -0.4 is 5.32 Å². The number of furan rings is 1. The van der Waals surface area contributed by atoms with Gasteiger partial charge in [-0.2, -0.15) is 0 Å². The van der Waals surface area contributed by atoms with E-state index in [4.69, 9.17) is 9.15 Å². The van der Waals surface area contributed by atoms with Crippen molar-refractivity contribution in [1.82, 2.24) is 10.3 Å². The van der Waals surface area contributed by atoms with Gasteiger partial charge in [0, 0.05) is 18.5 Å². The Bertz CT molecular complexity index is 558. The second kappa shape index (κ2) is 6.08. The highest BCUT2D eigenvalue weighted by atomic mass is 32.1. The molecule has 0 spiro atoms. The van der Waals surface area contributed by atoms with E-state index in [0.717, 1.165) is 48.2 Å². The fraction of sp³-hybridized carbons (Fsp3) is 0.533. The lowest BCUT2D eigenvalue weighted by Gasteiger charge is -2.10. The lowest BCUT2D eigenvalue weighted by molar-refractivity contribution is 0.111. The van der Waals surface area contributed by atoms with Crippen molar-refractivity contribution in [3.05, 3.63) is 39.7 Å². The number of nitrogens with zero attached hydrogens (tertiary/aromatic N) is 1. The zero-order valence-electron chi connectivity index (χ0n) is 11.9. The molecule has 108 valence electrons. The van der Waals surface area contributed by atoms with Gasteiger partial charge in [-0.05, 0) is 38.8 Å². The van der Waals surface area contributed by atoms with Crippen molar-refractivity contribution in [3.8, 4) is 0 Å². The molecule has 1 aliphatic heterocycles. The van der Waals surface area contributed by atoms with Crippen LogP contribution in [-0.2, 0) is 11.3 Å². The topological polar surface area (TPSA) is 47.3 Å². The van der Waals surface area contributed by atoms with Crippen molar-refractivity contribution in [1.29, 1.82) is 0 Å². The van der Waals surface area contributed by atoms with Gasteiger partial charge in [-0.1, -0.05) is 0 Å². The van der Waals surface area contributed by atoms with E-state index in [1.807, 2.05) is 19.1 Å². The molecule has 0 aliphatic carbocycles. The largest absolute Gasteiger partial charge is 0.465 e. The van der Waals surface area contributed by atoms with Crippen molar-refractivity contribution in [3.63, 3.8) is 0 Å². The molecule has 0 saturated carbocycles. The number of aryl methyl sites for hydroxylation is 1. The summed E-state index contributed by atoms with van der Waals surface area (Å²) < 4.78 is 11.3. The third-order valence-corrected chi connectivity index (χ3v) is 4.54. The third-order valence-electron chi connectivity index (χ3n) is 3.55. The Balaban J connectivity index is 1.55. The number of thiazole rings is 1. The summed E-state index contributed by atoms with van der Waals surface area (Å²) in [6.07, 6.45) is 2.47. The quantitative estimate of drug-likeness (QED) is 0.912. The maximum atomic E-state index is 5.66. The Morgan fingerprint density at radius 3 is 3.10 bits per heavy atom. The van der Waals surface area contributed by atoms with Gasteiger partial charge in [-0.25, -0.2) is 4.98 Å². The van der Waals surface area contributed by atoms with Gasteiger partial charge in [-0.15, -0.1) is 11.3 Å². The number of aromatic nitrogens is 1. The standard InChI is InChI=1S/C15H20N2O2S/c1-10-5-6-13(19-10)11(2)16-8-12-9-20-15(17-12)14-4-3-7-18-14/h5-6,9,11,14,16H,3-4,7-8H2,1-2H3/t11-,14+/m0/s1. The van der Waals surface area contributed by atoms with Crippen LogP contribution in [0, 0.1) is 6.92 Å². The molecule has 4 nitrogen and oxygen atoms in total. The third kappa shape index (κ3) is 3.11. The van der Waals surface area contributed by atoms with Gasteiger partial charge in [0.05, 0.1) is 11.7 Å². The van der Waals surface area contributed by atoms with E-state index in [-0.39, 0.29) is 12.1 Å². The normalized spacial score (nSPS) is 20.4. The van der Waals surface area contributed by atoms with Crippen LogP contribution in [0.2, 0.25) is 0 Å². The number of ether oxygens (including phenoxy) is 1. The van der Waals surface area contributed by atoms with Gasteiger partial charge in [0.1, 0.15) is 22.6 Å². The minimum Gasteiger partial charge on any atom is -0.465 e. The van der Waals surface area contributed by atoms with E-state index in [0.29, 0.717) is 0 Å². The molecule has 2 aromatic rings. The molecule has 2 atom stereocenters. The Labute approximate surface area is 123 Å². The van der Waals surface area contributed by atoms with Gasteiger partial charge >= 0.3 is 0 Å². The first-order chi connectivity index (χ1) is 9.72. The molecule has 2 aromatic heterocycles. The van der Waals surface area contributed by atoms with Crippen molar-refractivity contribution in [2.75, 3.05) is 6.61 Å². The molecule has 3 rings (SSSR count). The van der Waals surface area contributed by atoms with E-state index in [1.165, 1.54) is 0 Å². The predicted molar refractivity (Wildman–Crippen MR) is 78.7 cm³/mol. The molecule has 0 bridgehead atoms. The van der Waals surface area contributed by atoms with Crippen LogP contribution in [0.5, 0.6) is 0 Å².